The zero-order valence-corrected chi connectivity index (χ0v) is 24.9. The number of rotatable bonds is 8. The fourth-order valence-corrected chi connectivity index (χ4v) is 6.14. The molecule has 1 fully saturated rings. The number of furan rings is 1. The third-order valence-corrected chi connectivity index (χ3v) is 8.20. The number of thiazole rings is 1. The first kappa shape index (κ1) is 28.5. The first-order valence-corrected chi connectivity index (χ1v) is 14.1. The van der Waals surface area contributed by atoms with Crippen LogP contribution in [0.3, 0.4) is 0 Å². The minimum absolute atomic E-state index is 0.177. The van der Waals surface area contributed by atoms with Crippen LogP contribution in [0.4, 0.5) is 5.88 Å². The quantitative estimate of drug-likeness (QED) is 0.369. The normalized spacial score (nSPS) is 17.8. The van der Waals surface area contributed by atoms with Gasteiger partial charge in [-0.25, -0.2) is 9.79 Å². The second-order valence-electron chi connectivity index (χ2n) is 9.73. The van der Waals surface area contributed by atoms with Gasteiger partial charge in [0.1, 0.15) is 5.76 Å². The average Bonchev–Trinajstić information content (AvgIpc) is 3.56. The smallest absolute Gasteiger partial charge is 0.338 e. The van der Waals surface area contributed by atoms with Crippen LogP contribution in [0.5, 0.6) is 17.2 Å². The van der Waals surface area contributed by atoms with Crippen molar-refractivity contribution in [1.82, 2.24) is 9.47 Å². The van der Waals surface area contributed by atoms with E-state index in [9.17, 15) is 9.59 Å². The summed E-state index contributed by atoms with van der Waals surface area (Å²) in [6.07, 6.45) is 1.72. The summed E-state index contributed by atoms with van der Waals surface area (Å²) in [4.78, 5) is 36.8. The Hall–Kier alpha value is -4.03. The van der Waals surface area contributed by atoms with E-state index in [2.05, 4.69) is 21.8 Å². The lowest BCUT2D eigenvalue weighted by Crippen LogP contribution is -2.44. The summed E-state index contributed by atoms with van der Waals surface area (Å²) < 4.78 is 30.1. The Bertz CT molecular complexity index is 1640. The molecule has 2 aromatic heterocycles. The van der Waals surface area contributed by atoms with Crippen molar-refractivity contribution in [2.75, 3.05) is 66.1 Å². The van der Waals surface area contributed by atoms with Crippen LogP contribution in [0, 0.1) is 0 Å². The molecule has 2 aliphatic rings. The minimum atomic E-state index is -0.835. The van der Waals surface area contributed by atoms with Crippen LogP contribution in [0.2, 0.25) is 0 Å². The van der Waals surface area contributed by atoms with Gasteiger partial charge < -0.3 is 33.2 Å². The second kappa shape index (κ2) is 11.8. The molecule has 0 aliphatic carbocycles. The Labute approximate surface area is 241 Å². The van der Waals surface area contributed by atoms with Crippen LogP contribution in [0.25, 0.3) is 6.08 Å². The van der Waals surface area contributed by atoms with Crippen molar-refractivity contribution < 1.29 is 28.2 Å². The summed E-state index contributed by atoms with van der Waals surface area (Å²) in [6, 6.07) is 6.42. The van der Waals surface area contributed by atoms with Crippen molar-refractivity contribution >= 4 is 29.3 Å². The van der Waals surface area contributed by atoms with Crippen LogP contribution < -0.4 is 34.0 Å². The third-order valence-electron chi connectivity index (χ3n) is 7.22. The Morgan fingerprint density at radius 1 is 1.10 bits per heavy atom. The van der Waals surface area contributed by atoms with Gasteiger partial charge >= 0.3 is 5.97 Å². The Kier molecular flexibility index (Phi) is 8.22. The largest absolute Gasteiger partial charge is 0.493 e. The molecule has 1 saturated heterocycles. The molecule has 0 amide bonds. The van der Waals surface area contributed by atoms with Crippen LogP contribution in [0.1, 0.15) is 31.2 Å². The van der Waals surface area contributed by atoms with E-state index in [1.165, 1.54) is 37.2 Å². The molecule has 41 heavy (non-hydrogen) atoms. The maximum Gasteiger partial charge on any atom is 0.338 e. The lowest BCUT2D eigenvalue weighted by Gasteiger charge is -2.32. The molecule has 12 heteroatoms. The van der Waals surface area contributed by atoms with E-state index in [-0.39, 0.29) is 17.7 Å². The Balaban J connectivity index is 1.64. The number of anilines is 1. The highest BCUT2D eigenvalue weighted by atomic mass is 32.1. The SMILES string of the molecule is CCOC(=O)C1=C(C)N=c2s/c(=C/c3ccc(N4CCN(C)CC4)o3)c(=O)n2[C@@H]1c1cc(OC)c(OC)c(OC)c1. The molecule has 5 rings (SSSR count). The predicted molar refractivity (Wildman–Crippen MR) is 155 cm³/mol. The van der Waals surface area contributed by atoms with Crippen LogP contribution in [0.15, 0.2) is 49.7 Å². The van der Waals surface area contributed by atoms with E-state index in [0.29, 0.717) is 43.6 Å². The fourth-order valence-electron chi connectivity index (χ4n) is 5.11. The zero-order valence-electron chi connectivity index (χ0n) is 24.1. The van der Waals surface area contributed by atoms with Gasteiger partial charge in [-0.05, 0) is 44.7 Å². The lowest BCUT2D eigenvalue weighted by molar-refractivity contribution is -0.139. The van der Waals surface area contributed by atoms with Gasteiger partial charge in [-0.2, -0.15) is 0 Å². The number of piperazine rings is 1. The molecule has 0 saturated carbocycles. The number of esters is 1. The maximum atomic E-state index is 14.0. The molecule has 218 valence electrons. The van der Waals surface area contributed by atoms with Crippen molar-refractivity contribution in [3.8, 4) is 17.2 Å². The molecular weight excluding hydrogens is 548 g/mol. The molecule has 0 unspecified atom stereocenters. The van der Waals surface area contributed by atoms with Gasteiger partial charge in [-0.1, -0.05) is 11.3 Å². The van der Waals surface area contributed by atoms with Crippen molar-refractivity contribution in [3.63, 3.8) is 0 Å². The first-order valence-electron chi connectivity index (χ1n) is 13.3. The van der Waals surface area contributed by atoms with Gasteiger partial charge in [0.25, 0.3) is 5.56 Å². The molecule has 3 aromatic rings. The third kappa shape index (κ3) is 5.36. The molecular formula is C29H34N4O7S. The number of carbonyl (C=O) groups excluding carboxylic acids is 1. The Morgan fingerprint density at radius 2 is 1.78 bits per heavy atom. The molecule has 2 aliphatic heterocycles. The van der Waals surface area contributed by atoms with Gasteiger partial charge in [0.15, 0.2) is 22.2 Å². The number of nitrogens with zero attached hydrogens (tertiary/aromatic N) is 4. The van der Waals surface area contributed by atoms with Gasteiger partial charge in [0.2, 0.25) is 5.75 Å². The topological polar surface area (TPSA) is 108 Å². The number of carbonyl (C=O) groups is 1. The van der Waals surface area contributed by atoms with E-state index in [1.54, 1.807) is 32.1 Å². The monoisotopic (exact) mass is 582 g/mol. The minimum Gasteiger partial charge on any atom is -0.493 e. The summed E-state index contributed by atoms with van der Waals surface area (Å²) >= 11 is 1.23. The van der Waals surface area contributed by atoms with Gasteiger partial charge in [-0.3, -0.25) is 9.36 Å². The standard InChI is InChI=1S/C29H34N4O7S/c1-7-39-28(35)24-17(2)30-29-33(25(24)18-14-20(36-4)26(38-6)21(15-18)37-5)27(34)22(41-29)16-19-8-9-23(40-19)32-12-10-31(3)11-13-32/h8-9,14-16,25H,7,10-13H2,1-6H3/b22-16+/t25-/m1/s1. The number of aromatic nitrogens is 1. The Morgan fingerprint density at radius 3 is 2.39 bits per heavy atom. The number of allylic oxidation sites excluding steroid dienone is 1. The second-order valence-corrected chi connectivity index (χ2v) is 10.7. The van der Waals surface area contributed by atoms with E-state index in [4.69, 9.17) is 23.4 Å². The van der Waals surface area contributed by atoms with E-state index in [1.807, 2.05) is 12.1 Å². The van der Waals surface area contributed by atoms with Crippen molar-refractivity contribution in [2.45, 2.75) is 19.9 Å². The molecule has 11 nitrogen and oxygen atoms in total. The summed E-state index contributed by atoms with van der Waals surface area (Å²) in [5.41, 5.74) is 1.000. The average molecular weight is 583 g/mol. The summed E-state index contributed by atoms with van der Waals surface area (Å²) in [6.45, 7) is 7.30. The maximum absolute atomic E-state index is 14.0. The van der Waals surface area contributed by atoms with Gasteiger partial charge in [0.05, 0.1) is 49.8 Å². The number of fused-ring (bicyclic) bond motifs is 1. The molecule has 0 radical (unpaired) electrons. The van der Waals surface area contributed by atoms with Gasteiger partial charge in [0, 0.05) is 38.3 Å². The number of methoxy groups -OCH3 is 3. The highest BCUT2D eigenvalue weighted by Gasteiger charge is 2.34. The number of hydrogen-bond acceptors (Lipinski definition) is 11. The van der Waals surface area contributed by atoms with Crippen LogP contribution >= 0.6 is 11.3 Å². The molecule has 1 atom stereocenters. The van der Waals surface area contributed by atoms with E-state index in [0.717, 1.165) is 32.1 Å². The molecule has 4 heterocycles. The van der Waals surface area contributed by atoms with Crippen LogP contribution in [-0.4, -0.2) is 76.6 Å². The van der Waals surface area contributed by atoms with Crippen molar-refractivity contribution in [2.24, 2.45) is 4.99 Å². The summed E-state index contributed by atoms with van der Waals surface area (Å²) in [5, 5.41) is 0. The lowest BCUT2D eigenvalue weighted by atomic mass is 9.95. The highest BCUT2D eigenvalue weighted by molar-refractivity contribution is 7.07. The van der Waals surface area contributed by atoms with Gasteiger partial charge in [-0.15, -0.1) is 0 Å². The van der Waals surface area contributed by atoms with Crippen molar-refractivity contribution in [1.29, 1.82) is 0 Å². The molecule has 0 spiro atoms. The van der Waals surface area contributed by atoms with E-state index >= 15 is 0 Å². The fraction of sp³-hybridized carbons (Fsp3) is 0.414. The molecule has 0 bridgehead atoms. The van der Waals surface area contributed by atoms with E-state index < -0.39 is 12.0 Å². The zero-order chi connectivity index (χ0) is 29.3. The number of likely N-dealkylation sites (N-methyl/N-ethyl adjacent to an activating group) is 1. The number of hydrogen-bond donors (Lipinski definition) is 0. The summed E-state index contributed by atoms with van der Waals surface area (Å²) in [7, 11) is 6.64. The van der Waals surface area contributed by atoms with Crippen LogP contribution in [-0.2, 0) is 9.53 Å². The molecule has 1 aromatic carbocycles. The van der Waals surface area contributed by atoms with Crippen molar-refractivity contribution in [3.05, 3.63) is 66.5 Å². The summed E-state index contributed by atoms with van der Waals surface area (Å²) in [5.74, 6) is 1.98. The highest BCUT2D eigenvalue weighted by Crippen LogP contribution is 2.42. The predicted octanol–water partition coefficient (Wildman–Crippen LogP) is 2.17. The first-order chi connectivity index (χ1) is 19.8. The number of benzene rings is 1. The molecule has 0 N–H and O–H groups in total. The number of ether oxygens (including phenoxy) is 4.